The zero-order chi connectivity index (χ0) is 9.31. The van der Waals surface area contributed by atoms with Crippen LogP contribution in [-0.4, -0.2) is 10.5 Å². The van der Waals surface area contributed by atoms with E-state index < -0.39 is 0 Å². The smallest absolute Gasteiger partial charge is 0.0303 e. The molecule has 2 rings (SSSR count). The van der Waals surface area contributed by atoms with Gasteiger partial charge in [0.15, 0.2) is 0 Å². The average Bonchev–Trinajstić information content (AvgIpc) is 2.47. The Morgan fingerprint density at radius 3 is 3.00 bits per heavy atom. The van der Waals surface area contributed by atoms with Crippen molar-refractivity contribution in [3.63, 3.8) is 0 Å². The van der Waals surface area contributed by atoms with Crippen LogP contribution in [0.4, 0.5) is 0 Å². The van der Waals surface area contributed by atoms with Gasteiger partial charge in [0.1, 0.15) is 0 Å². The molecule has 70 valence electrons. The van der Waals surface area contributed by atoms with E-state index in [-0.39, 0.29) is 5.54 Å². The van der Waals surface area contributed by atoms with Crippen molar-refractivity contribution in [1.29, 1.82) is 0 Å². The Morgan fingerprint density at radius 1 is 1.62 bits per heavy atom. The molecule has 2 atom stereocenters. The van der Waals surface area contributed by atoms with Crippen LogP contribution >= 0.6 is 0 Å². The Balaban J connectivity index is 2.27. The van der Waals surface area contributed by atoms with Gasteiger partial charge in [0.2, 0.25) is 0 Å². The summed E-state index contributed by atoms with van der Waals surface area (Å²) in [5.74, 6) is 0.501. The van der Waals surface area contributed by atoms with E-state index in [1.165, 1.54) is 18.4 Å². The Labute approximate surface area is 79.2 Å². The van der Waals surface area contributed by atoms with Crippen molar-refractivity contribution >= 4 is 0 Å². The standard InChI is InChI=1S/C11H16N2/c1-11(12)6-2-5-10(11)9-4-3-7-13-8-9/h3-4,7-8,10H,2,5-6,12H2,1H3. The van der Waals surface area contributed by atoms with E-state index in [9.17, 15) is 0 Å². The van der Waals surface area contributed by atoms with Gasteiger partial charge in [-0.1, -0.05) is 12.5 Å². The predicted octanol–water partition coefficient (Wildman–Crippen LogP) is 2.07. The van der Waals surface area contributed by atoms with Gasteiger partial charge in [-0.05, 0) is 31.4 Å². The van der Waals surface area contributed by atoms with Crippen LogP contribution in [0.15, 0.2) is 24.5 Å². The number of pyridine rings is 1. The van der Waals surface area contributed by atoms with Gasteiger partial charge in [-0.2, -0.15) is 0 Å². The van der Waals surface area contributed by atoms with Gasteiger partial charge < -0.3 is 5.73 Å². The zero-order valence-corrected chi connectivity index (χ0v) is 8.03. The molecule has 0 radical (unpaired) electrons. The number of hydrogen-bond donors (Lipinski definition) is 1. The van der Waals surface area contributed by atoms with Crippen molar-refractivity contribution in [3.8, 4) is 0 Å². The van der Waals surface area contributed by atoms with E-state index in [1.807, 2.05) is 18.5 Å². The number of nitrogens with two attached hydrogens (primary N) is 1. The molecule has 2 N–H and O–H groups in total. The summed E-state index contributed by atoms with van der Waals surface area (Å²) >= 11 is 0. The summed E-state index contributed by atoms with van der Waals surface area (Å²) in [7, 11) is 0. The molecule has 0 aromatic carbocycles. The maximum atomic E-state index is 6.23. The molecule has 0 aliphatic heterocycles. The van der Waals surface area contributed by atoms with Gasteiger partial charge in [0.25, 0.3) is 0 Å². The number of rotatable bonds is 1. The molecule has 1 saturated carbocycles. The number of hydrogen-bond acceptors (Lipinski definition) is 2. The molecule has 1 aliphatic rings. The third-order valence-corrected chi connectivity index (χ3v) is 3.09. The Morgan fingerprint density at radius 2 is 2.46 bits per heavy atom. The first kappa shape index (κ1) is 8.70. The van der Waals surface area contributed by atoms with Crippen LogP contribution in [0.1, 0.15) is 37.7 Å². The van der Waals surface area contributed by atoms with E-state index >= 15 is 0 Å². The van der Waals surface area contributed by atoms with Gasteiger partial charge >= 0.3 is 0 Å². The minimum atomic E-state index is -0.0248. The third kappa shape index (κ3) is 1.59. The van der Waals surface area contributed by atoms with Crippen LogP contribution in [-0.2, 0) is 0 Å². The molecule has 0 saturated heterocycles. The fraction of sp³-hybridized carbons (Fsp3) is 0.545. The van der Waals surface area contributed by atoms with Gasteiger partial charge in [-0.3, -0.25) is 4.98 Å². The van der Waals surface area contributed by atoms with Crippen molar-refractivity contribution in [2.75, 3.05) is 0 Å². The van der Waals surface area contributed by atoms with Gasteiger partial charge in [0.05, 0.1) is 0 Å². The maximum Gasteiger partial charge on any atom is 0.0303 e. The highest BCUT2D eigenvalue weighted by molar-refractivity contribution is 5.21. The maximum absolute atomic E-state index is 6.23. The van der Waals surface area contributed by atoms with Crippen molar-refractivity contribution in [2.45, 2.75) is 37.6 Å². The molecular weight excluding hydrogens is 160 g/mol. The van der Waals surface area contributed by atoms with Crippen molar-refractivity contribution in [1.82, 2.24) is 4.98 Å². The molecule has 2 heteroatoms. The molecule has 0 bridgehead atoms. The molecule has 0 spiro atoms. The number of aromatic nitrogens is 1. The molecule has 1 aromatic heterocycles. The lowest BCUT2D eigenvalue weighted by Gasteiger charge is -2.26. The fourth-order valence-electron chi connectivity index (χ4n) is 2.32. The summed E-state index contributed by atoms with van der Waals surface area (Å²) in [5, 5.41) is 0. The molecule has 13 heavy (non-hydrogen) atoms. The second-order valence-electron chi connectivity index (χ2n) is 4.24. The van der Waals surface area contributed by atoms with E-state index in [1.54, 1.807) is 0 Å². The van der Waals surface area contributed by atoms with E-state index in [4.69, 9.17) is 5.73 Å². The van der Waals surface area contributed by atoms with Gasteiger partial charge in [-0.15, -0.1) is 0 Å². The molecule has 1 fully saturated rings. The van der Waals surface area contributed by atoms with Crippen LogP contribution < -0.4 is 5.73 Å². The lowest BCUT2D eigenvalue weighted by Crippen LogP contribution is -2.38. The minimum Gasteiger partial charge on any atom is -0.325 e. The SMILES string of the molecule is CC1(N)CCCC1c1cccnc1. The topological polar surface area (TPSA) is 38.9 Å². The summed E-state index contributed by atoms with van der Waals surface area (Å²) < 4.78 is 0. The van der Waals surface area contributed by atoms with Gasteiger partial charge in [-0.25, -0.2) is 0 Å². The third-order valence-electron chi connectivity index (χ3n) is 3.09. The summed E-state index contributed by atoms with van der Waals surface area (Å²) in [6.07, 6.45) is 7.34. The van der Waals surface area contributed by atoms with Gasteiger partial charge in [0, 0.05) is 23.9 Å². The van der Waals surface area contributed by atoms with E-state index in [0.717, 1.165) is 6.42 Å². The fourth-order valence-corrected chi connectivity index (χ4v) is 2.32. The monoisotopic (exact) mass is 176 g/mol. The first-order valence-corrected chi connectivity index (χ1v) is 4.89. The highest BCUT2D eigenvalue weighted by Crippen LogP contribution is 2.40. The van der Waals surface area contributed by atoms with Crippen molar-refractivity contribution < 1.29 is 0 Å². The predicted molar refractivity (Wildman–Crippen MR) is 53.4 cm³/mol. The quantitative estimate of drug-likeness (QED) is 0.711. The molecule has 2 nitrogen and oxygen atoms in total. The highest BCUT2D eigenvalue weighted by Gasteiger charge is 2.35. The van der Waals surface area contributed by atoms with Crippen LogP contribution in [0.25, 0.3) is 0 Å². The molecule has 1 aromatic rings. The van der Waals surface area contributed by atoms with Crippen molar-refractivity contribution in [2.24, 2.45) is 5.73 Å². The molecule has 1 aliphatic carbocycles. The highest BCUT2D eigenvalue weighted by atomic mass is 14.8. The first-order valence-electron chi connectivity index (χ1n) is 4.89. The summed E-state index contributed by atoms with van der Waals surface area (Å²) in [6, 6.07) is 4.12. The minimum absolute atomic E-state index is 0.0248. The first-order chi connectivity index (χ1) is 6.20. The summed E-state index contributed by atoms with van der Waals surface area (Å²) in [5.41, 5.74) is 7.50. The van der Waals surface area contributed by atoms with Crippen LogP contribution in [0.2, 0.25) is 0 Å². The molecule has 0 amide bonds. The van der Waals surface area contributed by atoms with E-state index in [0.29, 0.717) is 5.92 Å². The number of nitrogens with zero attached hydrogens (tertiary/aromatic N) is 1. The van der Waals surface area contributed by atoms with Crippen LogP contribution in [0.3, 0.4) is 0 Å². The lowest BCUT2D eigenvalue weighted by atomic mass is 9.85. The van der Waals surface area contributed by atoms with Crippen LogP contribution in [0.5, 0.6) is 0 Å². The Bertz CT molecular complexity index is 279. The van der Waals surface area contributed by atoms with Crippen molar-refractivity contribution in [3.05, 3.63) is 30.1 Å². The zero-order valence-electron chi connectivity index (χ0n) is 8.03. The summed E-state index contributed by atoms with van der Waals surface area (Å²) in [4.78, 5) is 4.14. The Kier molecular flexibility index (Phi) is 2.08. The molecule has 1 heterocycles. The largest absolute Gasteiger partial charge is 0.325 e. The van der Waals surface area contributed by atoms with Crippen LogP contribution in [0, 0.1) is 0 Å². The summed E-state index contributed by atoms with van der Waals surface area (Å²) in [6.45, 7) is 2.15. The van der Waals surface area contributed by atoms with E-state index in [2.05, 4.69) is 18.0 Å². The average molecular weight is 176 g/mol. The molecule has 2 unspecified atom stereocenters. The molecular formula is C11H16N2. The second kappa shape index (κ2) is 3.11. The second-order valence-corrected chi connectivity index (χ2v) is 4.24. The normalized spacial score (nSPS) is 33.5. The Hall–Kier alpha value is -0.890. The lowest BCUT2D eigenvalue weighted by molar-refractivity contribution is 0.430.